The molecule has 0 heterocycles. The maximum atomic E-state index is 13.5. The smallest absolute Gasteiger partial charge is 0.328 e. The van der Waals surface area contributed by atoms with E-state index in [-0.39, 0.29) is 36.8 Å². The lowest BCUT2D eigenvalue weighted by atomic mass is 10.1. The van der Waals surface area contributed by atoms with Gasteiger partial charge in [0, 0.05) is 12.8 Å². The fourth-order valence-corrected chi connectivity index (χ4v) is 2.60. The van der Waals surface area contributed by atoms with Crippen molar-refractivity contribution in [2.45, 2.75) is 44.6 Å². The quantitative estimate of drug-likeness (QED) is 0.265. The van der Waals surface area contributed by atoms with Gasteiger partial charge in [-0.1, -0.05) is 18.1 Å². The second-order valence-corrected chi connectivity index (χ2v) is 6.40. The number of rotatable bonds is 13. The van der Waals surface area contributed by atoms with Gasteiger partial charge < -0.3 is 20.7 Å². The average Bonchev–Trinajstić information content (AvgIpc) is 2.70. The summed E-state index contributed by atoms with van der Waals surface area (Å²) >= 11 is 0. The first-order chi connectivity index (χ1) is 14.0. The van der Waals surface area contributed by atoms with Crippen LogP contribution in [0.3, 0.4) is 0 Å². The molecule has 2 amide bonds. The van der Waals surface area contributed by atoms with Gasteiger partial charge in [0.2, 0.25) is 11.8 Å². The summed E-state index contributed by atoms with van der Waals surface area (Å²) in [6, 6.07) is 5.13. The number of halogens is 1. The van der Waals surface area contributed by atoms with Gasteiger partial charge in [0.05, 0.1) is 19.3 Å². The zero-order valence-electron chi connectivity index (χ0n) is 16.6. The monoisotopic (exact) mass is 405 g/mol. The minimum absolute atomic E-state index is 0.0610. The number of benzene rings is 1. The molecular weight excluding hydrogens is 377 g/mol. The van der Waals surface area contributed by atoms with Crippen LogP contribution < -0.4 is 16.0 Å². The highest BCUT2D eigenvalue weighted by Crippen LogP contribution is 2.13. The summed E-state index contributed by atoms with van der Waals surface area (Å²) < 4.78 is 18.2. The summed E-state index contributed by atoms with van der Waals surface area (Å²) in [6.07, 6.45) is 7.52. The van der Waals surface area contributed by atoms with E-state index >= 15 is 0 Å². The summed E-state index contributed by atoms with van der Waals surface area (Å²) in [4.78, 5) is 35.8. The Bertz CT molecular complexity index is 718. The van der Waals surface area contributed by atoms with Crippen LogP contribution in [0.2, 0.25) is 0 Å². The van der Waals surface area contributed by atoms with E-state index in [1.54, 1.807) is 6.07 Å². The molecule has 0 radical (unpaired) electrons. The summed E-state index contributed by atoms with van der Waals surface area (Å²) in [5, 5.41) is 8.16. The molecule has 3 N–H and O–H groups in total. The van der Waals surface area contributed by atoms with Crippen molar-refractivity contribution in [2.24, 2.45) is 0 Å². The third-order valence-electron chi connectivity index (χ3n) is 4.10. The van der Waals surface area contributed by atoms with E-state index in [2.05, 4.69) is 21.9 Å². The van der Waals surface area contributed by atoms with E-state index in [1.807, 2.05) is 0 Å². The van der Waals surface area contributed by atoms with E-state index in [1.165, 1.54) is 25.3 Å². The van der Waals surface area contributed by atoms with Crippen LogP contribution in [0.1, 0.15) is 38.5 Å². The number of methoxy groups -OCH3 is 1. The van der Waals surface area contributed by atoms with Crippen molar-refractivity contribution in [2.75, 3.05) is 25.5 Å². The van der Waals surface area contributed by atoms with Crippen LogP contribution >= 0.6 is 0 Å². The highest BCUT2D eigenvalue weighted by molar-refractivity contribution is 5.91. The SMILES string of the molecule is C#CCNCCCC[C@H](NC(=O)CCCC(=O)Nc1ccccc1F)C(=O)OC. The molecule has 0 saturated carbocycles. The molecule has 0 fully saturated rings. The number of unbranched alkanes of at least 4 members (excludes halogenated alkanes) is 1. The van der Waals surface area contributed by atoms with Gasteiger partial charge in [-0.05, 0) is 44.4 Å². The molecule has 0 aliphatic carbocycles. The number of para-hydroxylation sites is 1. The second-order valence-electron chi connectivity index (χ2n) is 6.40. The molecule has 29 heavy (non-hydrogen) atoms. The predicted octanol–water partition coefficient (Wildman–Crippen LogP) is 1.99. The van der Waals surface area contributed by atoms with Gasteiger partial charge in [0.15, 0.2) is 0 Å². The third-order valence-corrected chi connectivity index (χ3v) is 4.10. The standard InChI is InChI=1S/C21H28FN3O4/c1-3-14-23-15-7-6-11-18(21(28)29-2)25-20(27)13-8-12-19(26)24-17-10-5-4-9-16(17)22/h1,4-5,9-10,18,23H,6-8,11-15H2,2H3,(H,24,26)(H,25,27)/t18-/m0/s1. The summed E-state index contributed by atoms with van der Waals surface area (Å²) in [6.45, 7) is 1.21. The Morgan fingerprint density at radius 1 is 1.14 bits per heavy atom. The van der Waals surface area contributed by atoms with Crippen LogP contribution in [0.15, 0.2) is 24.3 Å². The van der Waals surface area contributed by atoms with Crippen molar-refractivity contribution in [3.05, 3.63) is 30.1 Å². The molecule has 8 heteroatoms. The van der Waals surface area contributed by atoms with Crippen molar-refractivity contribution in [3.8, 4) is 12.3 Å². The fourth-order valence-electron chi connectivity index (χ4n) is 2.60. The Morgan fingerprint density at radius 3 is 2.55 bits per heavy atom. The lowest BCUT2D eigenvalue weighted by Gasteiger charge is -2.16. The molecule has 1 aromatic rings. The Balaban J connectivity index is 2.33. The zero-order valence-corrected chi connectivity index (χ0v) is 16.6. The first-order valence-electron chi connectivity index (χ1n) is 9.53. The molecule has 0 spiro atoms. The highest BCUT2D eigenvalue weighted by Gasteiger charge is 2.21. The lowest BCUT2D eigenvalue weighted by molar-refractivity contribution is -0.145. The summed E-state index contributed by atoms with van der Waals surface area (Å²) in [5.41, 5.74) is 0.101. The van der Waals surface area contributed by atoms with Crippen molar-refractivity contribution in [3.63, 3.8) is 0 Å². The predicted molar refractivity (Wildman–Crippen MR) is 108 cm³/mol. The second kappa shape index (κ2) is 14.1. The van der Waals surface area contributed by atoms with E-state index in [0.29, 0.717) is 19.4 Å². The number of terminal acetylenes is 1. The molecule has 1 aromatic carbocycles. The minimum Gasteiger partial charge on any atom is -0.467 e. The van der Waals surface area contributed by atoms with Crippen LogP contribution in [0, 0.1) is 18.2 Å². The molecule has 0 aliphatic rings. The van der Waals surface area contributed by atoms with Crippen molar-refractivity contribution < 1.29 is 23.5 Å². The van der Waals surface area contributed by atoms with Crippen molar-refractivity contribution in [1.29, 1.82) is 0 Å². The Kier molecular flexibility index (Phi) is 11.8. The maximum absolute atomic E-state index is 13.5. The minimum atomic E-state index is -0.729. The van der Waals surface area contributed by atoms with Crippen LogP contribution in [-0.2, 0) is 19.1 Å². The lowest BCUT2D eigenvalue weighted by Crippen LogP contribution is -2.41. The van der Waals surface area contributed by atoms with Gasteiger partial charge in [-0.2, -0.15) is 0 Å². The topological polar surface area (TPSA) is 96.5 Å². The molecule has 0 aliphatic heterocycles. The molecule has 7 nitrogen and oxygen atoms in total. The van der Waals surface area contributed by atoms with Crippen molar-refractivity contribution in [1.82, 2.24) is 10.6 Å². The Hall–Kier alpha value is -2.92. The number of carbonyl (C=O) groups is 3. The number of amides is 2. The largest absolute Gasteiger partial charge is 0.467 e. The van der Waals surface area contributed by atoms with Gasteiger partial charge in [0.25, 0.3) is 0 Å². The number of nitrogens with one attached hydrogen (secondary N) is 3. The maximum Gasteiger partial charge on any atom is 0.328 e. The van der Waals surface area contributed by atoms with E-state index in [4.69, 9.17) is 11.2 Å². The summed E-state index contributed by atoms with van der Waals surface area (Å²) in [5.74, 6) is 0.723. The number of hydrogen-bond acceptors (Lipinski definition) is 5. The van der Waals surface area contributed by atoms with Gasteiger partial charge in [-0.3, -0.25) is 9.59 Å². The third kappa shape index (κ3) is 10.3. The zero-order chi connectivity index (χ0) is 21.5. The van der Waals surface area contributed by atoms with Crippen LogP contribution in [0.5, 0.6) is 0 Å². The molecule has 1 rings (SSSR count). The highest BCUT2D eigenvalue weighted by atomic mass is 19.1. The van der Waals surface area contributed by atoms with Gasteiger partial charge in [0.1, 0.15) is 11.9 Å². The van der Waals surface area contributed by atoms with Crippen molar-refractivity contribution >= 4 is 23.5 Å². The van der Waals surface area contributed by atoms with E-state index < -0.39 is 17.8 Å². The number of ether oxygens (including phenoxy) is 1. The van der Waals surface area contributed by atoms with Crippen LogP contribution in [0.4, 0.5) is 10.1 Å². The number of anilines is 1. The Morgan fingerprint density at radius 2 is 1.86 bits per heavy atom. The fraction of sp³-hybridized carbons (Fsp3) is 0.476. The summed E-state index contributed by atoms with van der Waals surface area (Å²) in [7, 11) is 1.27. The number of carbonyl (C=O) groups excluding carboxylic acids is 3. The average molecular weight is 405 g/mol. The number of hydrogen-bond donors (Lipinski definition) is 3. The molecule has 0 unspecified atom stereocenters. The molecule has 1 atom stereocenters. The molecule has 0 aromatic heterocycles. The molecule has 0 saturated heterocycles. The number of esters is 1. The molecule has 158 valence electrons. The molecular formula is C21H28FN3O4. The van der Waals surface area contributed by atoms with Crippen LogP contribution in [-0.4, -0.2) is 44.0 Å². The van der Waals surface area contributed by atoms with Gasteiger partial charge in [-0.15, -0.1) is 6.42 Å². The van der Waals surface area contributed by atoms with Gasteiger partial charge >= 0.3 is 5.97 Å². The molecule has 0 bridgehead atoms. The van der Waals surface area contributed by atoms with E-state index in [0.717, 1.165) is 13.0 Å². The van der Waals surface area contributed by atoms with E-state index in [9.17, 15) is 18.8 Å². The normalized spacial score (nSPS) is 11.2. The van der Waals surface area contributed by atoms with Crippen LogP contribution in [0.25, 0.3) is 0 Å². The van der Waals surface area contributed by atoms with Gasteiger partial charge in [-0.25, -0.2) is 9.18 Å². The Labute approximate surface area is 170 Å². The first-order valence-corrected chi connectivity index (χ1v) is 9.53. The first kappa shape index (κ1) is 24.1.